The van der Waals surface area contributed by atoms with Gasteiger partial charge >= 0.3 is 5.97 Å². The molecule has 29 heavy (non-hydrogen) atoms. The smallest absolute Gasteiger partial charge is 0.348 e. The van der Waals surface area contributed by atoms with Crippen LogP contribution >= 0.6 is 36.2 Å². The molecule has 0 aromatic carbocycles. The van der Waals surface area contributed by atoms with Gasteiger partial charge in [0.05, 0.1) is 25.1 Å². The molecule has 3 saturated heterocycles. The lowest BCUT2D eigenvalue weighted by Crippen LogP contribution is -2.52. The number of aryl methyl sites for hydroxylation is 1. The third kappa shape index (κ3) is 3.19. The first kappa shape index (κ1) is 22.5. The molecule has 4 atom stereocenters. The number of aliphatic hydroxyl groups excluding tert-OH is 1. The Balaban J connectivity index is 0.00000120. The zero-order chi connectivity index (χ0) is 18.8. The molecule has 1 spiro atoms. The van der Waals surface area contributed by atoms with Crippen LogP contribution in [0.5, 0.6) is 0 Å². The lowest BCUT2D eigenvalue weighted by atomic mass is 9.83. The molecule has 3 aliphatic rings. The number of hydrogen-bond acceptors (Lipinski definition) is 9. The number of ether oxygens (including phenoxy) is 2. The highest BCUT2D eigenvalue weighted by molar-refractivity contribution is 7.20. The van der Waals surface area contributed by atoms with Crippen molar-refractivity contribution < 1.29 is 19.4 Å². The Labute approximate surface area is 184 Å². The van der Waals surface area contributed by atoms with E-state index in [0.29, 0.717) is 11.4 Å². The van der Waals surface area contributed by atoms with E-state index < -0.39 is 0 Å². The van der Waals surface area contributed by atoms with Crippen LogP contribution in [0.4, 0.5) is 5.82 Å². The molecule has 2 aromatic heterocycles. The van der Waals surface area contributed by atoms with Gasteiger partial charge in [0, 0.05) is 38.1 Å². The van der Waals surface area contributed by atoms with E-state index in [1.54, 1.807) is 6.33 Å². The van der Waals surface area contributed by atoms with Gasteiger partial charge in [-0.05, 0) is 12.5 Å². The fraction of sp³-hybridized carbons (Fsp3) is 0.611. The third-order valence-electron chi connectivity index (χ3n) is 6.29. The lowest BCUT2D eigenvalue weighted by molar-refractivity contribution is -0.0654. The number of anilines is 1. The van der Waals surface area contributed by atoms with Crippen LogP contribution in [-0.4, -0.2) is 72.6 Å². The highest BCUT2D eigenvalue weighted by Crippen LogP contribution is 2.49. The highest BCUT2D eigenvalue weighted by Gasteiger charge is 2.61. The predicted octanol–water partition coefficient (Wildman–Crippen LogP) is 1.42. The molecule has 3 fully saturated rings. The van der Waals surface area contributed by atoms with Crippen molar-refractivity contribution >= 4 is 58.2 Å². The second-order valence-corrected chi connectivity index (χ2v) is 8.61. The number of nitrogens with one attached hydrogen (secondary N) is 1. The Hall–Kier alpha value is -1.23. The van der Waals surface area contributed by atoms with Gasteiger partial charge < -0.3 is 24.8 Å². The van der Waals surface area contributed by atoms with E-state index in [4.69, 9.17) is 9.47 Å². The van der Waals surface area contributed by atoms with Gasteiger partial charge in [0.25, 0.3) is 0 Å². The van der Waals surface area contributed by atoms with Gasteiger partial charge in [0.2, 0.25) is 0 Å². The number of fused-ring (bicyclic) bond motifs is 2. The Morgan fingerprint density at radius 3 is 3.00 bits per heavy atom. The highest BCUT2D eigenvalue weighted by atomic mass is 35.5. The van der Waals surface area contributed by atoms with Crippen LogP contribution in [0.1, 0.15) is 15.2 Å². The van der Waals surface area contributed by atoms with Gasteiger partial charge in [-0.1, -0.05) is 0 Å². The number of esters is 1. The number of carbonyl (C=O) groups excluding carboxylic acids is 1. The van der Waals surface area contributed by atoms with Gasteiger partial charge in [0.1, 0.15) is 27.5 Å². The van der Waals surface area contributed by atoms with Crippen LogP contribution in [0.2, 0.25) is 0 Å². The number of carbonyl (C=O) groups is 1. The van der Waals surface area contributed by atoms with Gasteiger partial charge in [-0.2, -0.15) is 0 Å². The summed E-state index contributed by atoms with van der Waals surface area (Å²) in [5.74, 6) is 0.875. The van der Waals surface area contributed by atoms with Crippen molar-refractivity contribution in [2.24, 2.45) is 11.8 Å². The Morgan fingerprint density at radius 2 is 2.28 bits per heavy atom. The van der Waals surface area contributed by atoms with Crippen LogP contribution in [0.3, 0.4) is 0 Å². The van der Waals surface area contributed by atoms with Crippen LogP contribution in [0, 0.1) is 18.8 Å². The third-order valence-corrected chi connectivity index (χ3v) is 7.47. The summed E-state index contributed by atoms with van der Waals surface area (Å²) in [5, 5.41) is 14.3. The van der Waals surface area contributed by atoms with E-state index in [-0.39, 0.29) is 60.9 Å². The maximum Gasteiger partial charge on any atom is 0.348 e. The van der Waals surface area contributed by atoms with Gasteiger partial charge in [0.15, 0.2) is 0 Å². The van der Waals surface area contributed by atoms with Gasteiger partial charge in [-0.15, -0.1) is 36.2 Å². The number of nitrogens with zero attached hydrogens (tertiary/aromatic N) is 3. The summed E-state index contributed by atoms with van der Waals surface area (Å²) in [5.41, 5.74) is 0.564. The molecule has 0 unspecified atom stereocenters. The van der Waals surface area contributed by atoms with E-state index in [1.807, 2.05) is 6.92 Å². The first-order valence-corrected chi connectivity index (χ1v) is 9.96. The summed E-state index contributed by atoms with van der Waals surface area (Å²) in [7, 11) is 1.39. The Kier molecular flexibility index (Phi) is 6.29. The van der Waals surface area contributed by atoms with E-state index in [1.165, 1.54) is 18.4 Å². The van der Waals surface area contributed by atoms with Crippen molar-refractivity contribution in [1.82, 2.24) is 15.3 Å². The van der Waals surface area contributed by atoms with E-state index in [2.05, 4.69) is 20.2 Å². The number of rotatable bonds is 3. The van der Waals surface area contributed by atoms with Crippen LogP contribution in [-0.2, 0) is 9.47 Å². The number of hydrogen-bond donors (Lipinski definition) is 2. The molecule has 0 radical (unpaired) electrons. The largest absolute Gasteiger partial charge is 0.465 e. The molecular weight excluding hydrogens is 439 g/mol. The van der Waals surface area contributed by atoms with E-state index in [0.717, 1.165) is 41.2 Å². The zero-order valence-corrected chi connectivity index (χ0v) is 18.5. The number of aromatic nitrogens is 2. The van der Waals surface area contributed by atoms with Gasteiger partial charge in [-0.3, -0.25) is 0 Å². The Bertz CT molecular complexity index is 929. The topological polar surface area (TPSA) is 96.8 Å². The number of morpholine rings is 1. The van der Waals surface area contributed by atoms with Crippen molar-refractivity contribution in [2.75, 3.05) is 44.8 Å². The van der Waals surface area contributed by atoms with Crippen molar-refractivity contribution in [3.8, 4) is 0 Å². The Morgan fingerprint density at radius 1 is 1.48 bits per heavy atom. The summed E-state index contributed by atoms with van der Waals surface area (Å²) in [6.07, 6.45) is 1.63. The first-order valence-electron chi connectivity index (χ1n) is 9.14. The summed E-state index contributed by atoms with van der Waals surface area (Å²) in [4.78, 5) is 24.6. The number of aliphatic hydroxyl groups is 1. The summed E-state index contributed by atoms with van der Waals surface area (Å²) in [6, 6.07) is 0. The van der Waals surface area contributed by atoms with Crippen molar-refractivity contribution in [1.29, 1.82) is 0 Å². The van der Waals surface area contributed by atoms with Crippen molar-refractivity contribution in [2.45, 2.75) is 18.6 Å². The van der Waals surface area contributed by atoms with Gasteiger partial charge in [-0.25, -0.2) is 14.8 Å². The molecule has 11 heteroatoms. The molecular formula is C18H24Cl2N4O4S. The van der Waals surface area contributed by atoms with E-state index >= 15 is 0 Å². The van der Waals surface area contributed by atoms with Crippen LogP contribution < -0.4 is 10.2 Å². The van der Waals surface area contributed by atoms with Crippen molar-refractivity contribution in [3.05, 3.63) is 16.8 Å². The minimum atomic E-state index is -0.346. The number of methoxy groups -OCH3 is 1. The maximum absolute atomic E-state index is 12.1. The zero-order valence-electron chi connectivity index (χ0n) is 16.1. The quantitative estimate of drug-likeness (QED) is 0.660. The fourth-order valence-corrected chi connectivity index (χ4v) is 6.10. The second-order valence-electron chi connectivity index (χ2n) is 7.61. The molecule has 160 valence electrons. The number of halogens is 2. The van der Waals surface area contributed by atoms with Crippen molar-refractivity contribution in [3.63, 3.8) is 0 Å². The summed E-state index contributed by atoms with van der Waals surface area (Å²) < 4.78 is 11.3. The molecule has 0 amide bonds. The SMILES string of the molecule is COC(=O)c1sc2ncnc(N3C[C@@H]4[C@H](CO)[C@H]5CNC[C@]4(C3)O5)c2c1C.Cl.Cl. The molecule has 3 aliphatic heterocycles. The average molecular weight is 463 g/mol. The molecule has 8 nitrogen and oxygen atoms in total. The minimum absolute atomic E-state index is 0. The normalized spacial score (nSPS) is 29.9. The predicted molar refractivity (Wildman–Crippen MR) is 115 cm³/mol. The van der Waals surface area contributed by atoms with Crippen LogP contribution in [0.25, 0.3) is 10.2 Å². The standard InChI is InChI=1S/C18H22N4O4S.2ClH/c1-9-13-15(20-8-21-16(13)27-14(9)17(24)25-2)22-4-11-10(5-23)12-3-19-6-18(11,7-22)26-12;;/h8,10-12,19,23H,3-7H2,1-2H3;2*1H/t10-,11+,12+,18+;;/m0../s1. The molecule has 2 bridgehead atoms. The van der Waals surface area contributed by atoms with Crippen LogP contribution in [0.15, 0.2) is 6.33 Å². The molecule has 0 aliphatic carbocycles. The minimum Gasteiger partial charge on any atom is -0.465 e. The average Bonchev–Trinajstić information content (AvgIpc) is 3.26. The lowest BCUT2D eigenvalue weighted by Gasteiger charge is -2.34. The molecule has 2 N–H and O–H groups in total. The monoisotopic (exact) mass is 462 g/mol. The molecule has 5 heterocycles. The summed E-state index contributed by atoms with van der Waals surface area (Å²) >= 11 is 1.34. The number of thiophene rings is 1. The summed E-state index contributed by atoms with van der Waals surface area (Å²) in [6.45, 7) is 5.12. The fourth-order valence-electron chi connectivity index (χ4n) is 5.04. The molecule has 2 aromatic rings. The molecule has 5 rings (SSSR count). The molecule has 0 saturated carbocycles. The first-order chi connectivity index (χ1) is 13.1. The van der Waals surface area contributed by atoms with E-state index in [9.17, 15) is 9.90 Å². The second kappa shape index (κ2) is 8.13. The maximum atomic E-state index is 12.1.